The Balaban J connectivity index is 0.000000280. The second kappa shape index (κ2) is 16.3. The Bertz CT molecular complexity index is 1060. The van der Waals surface area contributed by atoms with Crippen molar-refractivity contribution >= 4 is 35.7 Å². The highest BCUT2D eigenvalue weighted by Crippen LogP contribution is 2.15. The van der Waals surface area contributed by atoms with E-state index in [2.05, 4.69) is 0 Å². The fourth-order valence-electron chi connectivity index (χ4n) is 4.17. The molecule has 3 rings (SSSR count). The number of urea groups is 2. The molecule has 12 heteroatoms. The number of unbranched alkanes of at least 4 members (excludes halogenated alkanes) is 5. The predicted molar refractivity (Wildman–Crippen MR) is 145 cm³/mol. The van der Waals surface area contributed by atoms with Crippen LogP contribution in [0, 0.1) is 0 Å². The van der Waals surface area contributed by atoms with Gasteiger partial charge in [0.15, 0.2) is 0 Å². The van der Waals surface area contributed by atoms with Gasteiger partial charge < -0.3 is 9.47 Å². The second-order valence-electron chi connectivity index (χ2n) is 9.63. The molecule has 0 atom stereocenters. The van der Waals surface area contributed by atoms with Crippen molar-refractivity contribution in [2.24, 2.45) is 0 Å². The minimum absolute atomic E-state index is 0.195. The molecule has 0 bridgehead atoms. The fourth-order valence-corrected chi connectivity index (χ4v) is 4.17. The van der Waals surface area contributed by atoms with E-state index in [-0.39, 0.29) is 25.3 Å². The van der Waals surface area contributed by atoms with Crippen LogP contribution in [0.25, 0.3) is 0 Å². The first-order valence-corrected chi connectivity index (χ1v) is 13.4. The van der Waals surface area contributed by atoms with Crippen LogP contribution in [0.4, 0.5) is 9.59 Å². The first kappa shape index (κ1) is 32.4. The third kappa shape index (κ3) is 9.44. The molecular formula is C28H40N4O8. The summed E-state index contributed by atoms with van der Waals surface area (Å²) in [6, 6.07) is 6.36. The SMILES string of the molecule is COCCCCCCCCN1C(=O)CC(=O)N(C)C1=O.COc1ccc(CCN2C(=O)CC(=O)N(C)C2=O)cc1. The van der Waals surface area contributed by atoms with E-state index < -0.39 is 29.8 Å². The minimum atomic E-state index is -0.556. The fraction of sp³-hybridized carbons (Fsp3) is 0.571. The second-order valence-corrected chi connectivity index (χ2v) is 9.63. The maximum absolute atomic E-state index is 11.9. The van der Waals surface area contributed by atoms with Crippen LogP contribution in [-0.2, 0) is 30.3 Å². The molecule has 2 fully saturated rings. The smallest absolute Gasteiger partial charge is 0.333 e. The number of hydrogen-bond acceptors (Lipinski definition) is 8. The lowest BCUT2D eigenvalue weighted by Gasteiger charge is -2.30. The molecule has 0 N–H and O–H groups in total. The van der Waals surface area contributed by atoms with E-state index in [9.17, 15) is 28.8 Å². The van der Waals surface area contributed by atoms with E-state index in [4.69, 9.17) is 9.47 Å². The van der Waals surface area contributed by atoms with E-state index in [1.54, 1.807) is 14.2 Å². The Morgan fingerprint density at radius 3 is 1.60 bits per heavy atom. The first-order valence-electron chi connectivity index (χ1n) is 13.4. The van der Waals surface area contributed by atoms with Gasteiger partial charge in [-0.3, -0.25) is 38.8 Å². The number of barbiturate groups is 2. The highest BCUT2D eigenvalue weighted by molar-refractivity contribution is 6.14. The normalized spacial score (nSPS) is 16.0. The number of benzene rings is 1. The van der Waals surface area contributed by atoms with Gasteiger partial charge in [-0.25, -0.2) is 9.59 Å². The van der Waals surface area contributed by atoms with E-state index in [1.165, 1.54) is 19.0 Å². The zero-order valence-electron chi connectivity index (χ0n) is 23.8. The first-order chi connectivity index (χ1) is 19.1. The number of methoxy groups -OCH3 is 2. The lowest BCUT2D eigenvalue weighted by atomic mass is 10.1. The van der Waals surface area contributed by atoms with Crippen molar-refractivity contribution in [2.75, 3.05) is 48.0 Å². The number of carbonyl (C=O) groups excluding carboxylic acids is 6. The Kier molecular flexibility index (Phi) is 13.2. The lowest BCUT2D eigenvalue weighted by Crippen LogP contribution is -2.53. The average molecular weight is 561 g/mol. The van der Waals surface area contributed by atoms with Crippen LogP contribution in [0.5, 0.6) is 5.75 Å². The van der Waals surface area contributed by atoms with E-state index in [1.807, 2.05) is 24.3 Å². The molecule has 2 heterocycles. The quantitative estimate of drug-likeness (QED) is 0.266. The number of ether oxygens (including phenoxy) is 2. The molecule has 2 saturated heterocycles. The highest BCUT2D eigenvalue weighted by Gasteiger charge is 2.36. The van der Waals surface area contributed by atoms with Gasteiger partial charge in [-0.05, 0) is 37.0 Å². The monoisotopic (exact) mass is 560 g/mol. The summed E-state index contributed by atoms with van der Waals surface area (Å²) in [7, 11) is 6.10. The Morgan fingerprint density at radius 1 is 0.625 bits per heavy atom. The van der Waals surface area contributed by atoms with Crippen LogP contribution in [-0.4, -0.2) is 103 Å². The van der Waals surface area contributed by atoms with Crippen LogP contribution in [0.3, 0.4) is 0 Å². The van der Waals surface area contributed by atoms with Gasteiger partial charge in [0.25, 0.3) is 0 Å². The summed E-state index contributed by atoms with van der Waals surface area (Å²) in [6.07, 6.45) is 6.34. The molecule has 40 heavy (non-hydrogen) atoms. The van der Waals surface area contributed by atoms with Crippen molar-refractivity contribution in [3.63, 3.8) is 0 Å². The number of imide groups is 4. The van der Waals surface area contributed by atoms with Gasteiger partial charge in [0, 0.05) is 40.9 Å². The molecular weight excluding hydrogens is 520 g/mol. The highest BCUT2D eigenvalue weighted by atomic mass is 16.5. The van der Waals surface area contributed by atoms with Crippen molar-refractivity contribution < 1.29 is 38.2 Å². The molecule has 2 aliphatic rings. The molecule has 0 unspecified atom stereocenters. The molecule has 2 aliphatic heterocycles. The van der Waals surface area contributed by atoms with Gasteiger partial charge in [0.2, 0.25) is 23.6 Å². The molecule has 1 aromatic rings. The van der Waals surface area contributed by atoms with Crippen LogP contribution < -0.4 is 4.74 Å². The van der Waals surface area contributed by atoms with Crippen LogP contribution in [0.15, 0.2) is 24.3 Å². The molecule has 220 valence electrons. The van der Waals surface area contributed by atoms with Gasteiger partial charge in [-0.1, -0.05) is 37.8 Å². The van der Waals surface area contributed by atoms with Crippen molar-refractivity contribution in [2.45, 2.75) is 57.8 Å². The minimum Gasteiger partial charge on any atom is -0.497 e. The number of hydrogen-bond donors (Lipinski definition) is 0. The molecule has 0 saturated carbocycles. The van der Waals surface area contributed by atoms with E-state index in [0.717, 1.165) is 71.1 Å². The molecule has 0 aliphatic carbocycles. The van der Waals surface area contributed by atoms with Crippen LogP contribution >= 0.6 is 0 Å². The van der Waals surface area contributed by atoms with Gasteiger partial charge in [0.1, 0.15) is 18.6 Å². The number of nitrogens with zero attached hydrogens (tertiary/aromatic N) is 4. The third-order valence-corrected chi connectivity index (χ3v) is 6.75. The lowest BCUT2D eigenvalue weighted by molar-refractivity contribution is -0.143. The summed E-state index contributed by atoms with van der Waals surface area (Å²) in [5, 5.41) is 0. The predicted octanol–water partition coefficient (Wildman–Crippen LogP) is 2.83. The summed E-state index contributed by atoms with van der Waals surface area (Å²) >= 11 is 0. The standard InChI is InChI=1S/C14H16N2O4.C14H24N2O4/c1-15-12(17)9-13(18)16(14(15)19)8-7-10-3-5-11(20-2)6-4-10;1-15-12(17)11-13(18)16(14(15)19)9-7-5-3-4-6-8-10-20-2/h3-6H,7-9H2,1-2H3;3-11H2,1-2H3. The molecule has 0 spiro atoms. The maximum Gasteiger partial charge on any atom is 0.333 e. The zero-order chi connectivity index (χ0) is 29.7. The molecule has 8 amide bonds. The van der Waals surface area contributed by atoms with Crippen LogP contribution in [0.1, 0.15) is 56.9 Å². The summed E-state index contributed by atoms with van der Waals surface area (Å²) in [5.41, 5.74) is 0.992. The molecule has 0 aromatic heterocycles. The largest absolute Gasteiger partial charge is 0.497 e. The summed E-state index contributed by atoms with van der Waals surface area (Å²) in [5.74, 6) is -0.941. The Morgan fingerprint density at radius 2 is 1.10 bits per heavy atom. The molecule has 0 radical (unpaired) electrons. The maximum atomic E-state index is 11.9. The van der Waals surface area contributed by atoms with Crippen molar-refractivity contribution in [1.29, 1.82) is 0 Å². The van der Waals surface area contributed by atoms with Crippen molar-refractivity contribution in [3.8, 4) is 5.75 Å². The van der Waals surface area contributed by atoms with E-state index in [0.29, 0.717) is 13.0 Å². The Labute approximate surface area is 235 Å². The summed E-state index contributed by atoms with van der Waals surface area (Å²) < 4.78 is 10.0. The van der Waals surface area contributed by atoms with E-state index >= 15 is 0 Å². The van der Waals surface area contributed by atoms with Gasteiger partial charge in [-0.2, -0.15) is 0 Å². The topological polar surface area (TPSA) is 134 Å². The third-order valence-electron chi connectivity index (χ3n) is 6.75. The van der Waals surface area contributed by atoms with Gasteiger partial charge in [-0.15, -0.1) is 0 Å². The Hall–Kier alpha value is -3.80. The molecule has 12 nitrogen and oxygen atoms in total. The summed E-state index contributed by atoms with van der Waals surface area (Å²) in [6.45, 7) is 1.48. The number of amides is 8. The van der Waals surface area contributed by atoms with Crippen molar-refractivity contribution in [3.05, 3.63) is 29.8 Å². The van der Waals surface area contributed by atoms with Gasteiger partial charge >= 0.3 is 12.1 Å². The summed E-state index contributed by atoms with van der Waals surface area (Å²) in [4.78, 5) is 74.0. The van der Waals surface area contributed by atoms with Crippen molar-refractivity contribution in [1.82, 2.24) is 19.6 Å². The number of rotatable bonds is 13. The van der Waals surface area contributed by atoms with Crippen LogP contribution in [0.2, 0.25) is 0 Å². The number of carbonyl (C=O) groups is 6. The van der Waals surface area contributed by atoms with Gasteiger partial charge in [0.05, 0.1) is 7.11 Å². The molecule has 1 aromatic carbocycles. The zero-order valence-corrected chi connectivity index (χ0v) is 23.8. The average Bonchev–Trinajstić information content (AvgIpc) is 2.94.